The van der Waals surface area contributed by atoms with Crippen LogP contribution in [0.5, 0.6) is 0 Å². The molecule has 0 saturated carbocycles. The monoisotopic (exact) mass is 506 g/mol. The highest BCUT2D eigenvalue weighted by molar-refractivity contribution is 5.83. The largest absolute Gasteiger partial charge is 0.492 e. The molecule has 1 fully saturated rings. The van der Waals surface area contributed by atoms with E-state index < -0.39 is 35.3 Å². The maximum Gasteiger partial charge on any atom is 0.411 e. The minimum atomic E-state index is -0.795. The number of ether oxygens (including phenoxy) is 3. The Morgan fingerprint density at radius 1 is 1.11 bits per heavy atom. The lowest BCUT2D eigenvalue weighted by Gasteiger charge is -2.36. The van der Waals surface area contributed by atoms with Gasteiger partial charge in [0.1, 0.15) is 29.6 Å². The van der Waals surface area contributed by atoms with Crippen molar-refractivity contribution in [2.75, 3.05) is 6.61 Å². The number of nitrogens with one attached hydrogen (secondary N) is 1. The predicted molar refractivity (Wildman–Crippen MR) is 141 cm³/mol. The number of hydrogen-bond donors (Lipinski definition) is 1. The van der Waals surface area contributed by atoms with Gasteiger partial charge in [0, 0.05) is 13.0 Å². The maximum atomic E-state index is 13.5. The van der Waals surface area contributed by atoms with E-state index in [9.17, 15) is 14.4 Å². The fourth-order valence-corrected chi connectivity index (χ4v) is 4.40. The molecule has 0 aromatic heterocycles. The zero-order valence-corrected chi connectivity index (χ0v) is 23.6. The van der Waals surface area contributed by atoms with Crippen molar-refractivity contribution in [1.29, 1.82) is 0 Å². The summed E-state index contributed by atoms with van der Waals surface area (Å²) < 4.78 is 17.1. The first-order valence-corrected chi connectivity index (χ1v) is 12.6. The molecule has 0 aliphatic carbocycles. The minimum Gasteiger partial charge on any atom is -0.492 e. The van der Waals surface area contributed by atoms with Gasteiger partial charge in [-0.2, -0.15) is 0 Å². The molecule has 1 aliphatic heterocycles. The molecule has 0 bridgehead atoms. The molecule has 1 aliphatic rings. The Kier molecular flexibility index (Phi) is 11.3. The molecule has 1 heterocycles. The quantitative estimate of drug-likeness (QED) is 0.250. The molecule has 8 nitrogen and oxygen atoms in total. The number of esters is 1. The molecule has 1 saturated heterocycles. The first-order chi connectivity index (χ1) is 16.5. The van der Waals surface area contributed by atoms with Crippen LogP contribution in [0.3, 0.4) is 0 Å². The van der Waals surface area contributed by atoms with Gasteiger partial charge in [-0.1, -0.05) is 38.3 Å². The average Bonchev–Trinajstić information content (AvgIpc) is 3.06. The van der Waals surface area contributed by atoms with Crippen LogP contribution in [0.15, 0.2) is 37.1 Å². The van der Waals surface area contributed by atoms with Crippen LogP contribution in [0.25, 0.3) is 0 Å². The second kappa shape index (κ2) is 13.0. The molecule has 204 valence electrons. The van der Waals surface area contributed by atoms with Gasteiger partial charge in [0.2, 0.25) is 5.91 Å². The van der Waals surface area contributed by atoms with E-state index in [1.165, 1.54) is 11.8 Å². The Morgan fingerprint density at radius 2 is 1.69 bits per heavy atom. The number of nitrogens with zero attached hydrogens (tertiary/aromatic N) is 1. The highest BCUT2D eigenvalue weighted by atomic mass is 16.6. The molecule has 0 radical (unpaired) electrons. The number of carbonyl (C=O) groups is 3. The number of hydrogen-bond acceptors (Lipinski definition) is 6. The van der Waals surface area contributed by atoms with E-state index in [4.69, 9.17) is 14.2 Å². The summed E-state index contributed by atoms with van der Waals surface area (Å²) in [5, 5.41) is 2.91. The summed E-state index contributed by atoms with van der Waals surface area (Å²) in [5.41, 5.74) is -1.44. The first kappa shape index (κ1) is 31.3. The molecule has 1 rings (SSSR count). The molecule has 1 N–H and O–H groups in total. The SMILES string of the molecule is C=CCOC(=C)C(NC(C)=O)C(C)C[C@@H]1[C@H](C=CC)C[C@H](C(=O)OC(C)(C)C)N1C(=O)OC(C)(C)C. The lowest BCUT2D eigenvalue weighted by Crippen LogP contribution is -2.50. The average molecular weight is 507 g/mol. The second-order valence-electron chi connectivity index (χ2n) is 11.4. The van der Waals surface area contributed by atoms with Crippen molar-refractivity contribution in [1.82, 2.24) is 10.2 Å². The van der Waals surface area contributed by atoms with Gasteiger partial charge in [-0.15, -0.1) is 0 Å². The van der Waals surface area contributed by atoms with Gasteiger partial charge in [0.15, 0.2) is 0 Å². The van der Waals surface area contributed by atoms with Gasteiger partial charge in [-0.05, 0) is 73.1 Å². The van der Waals surface area contributed by atoms with Gasteiger partial charge in [-0.3, -0.25) is 9.69 Å². The molecule has 0 aromatic rings. The summed E-state index contributed by atoms with van der Waals surface area (Å²) in [6.07, 6.45) is 5.85. The number of likely N-dealkylation sites (tertiary alicyclic amines) is 1. The summed E-state index contributed by atoms with van der Waals surface area (Å²) in [6.45, 7) is 24.0. The zero-order valence-electron chi connectivity index (χ0n) is 23.6. The Morgan fingerprint density at radius 3 is 2.17 bits per heavy atom. The van der Waals surface area contributed by atoms with Crippen molar-refractivity contribution in [3.05, 3.63) is 37.1 Å². The molecular formula is C28H46N2O6. The van der Waals surface area contributed by atoms with Crippen LogP contribution in [0.1, 0.15) is 75.2 Å². The zero-order chi connectivity index (χ0) is 27.8. The first-order valence-electron chi connectivity index (χ1n) is 12.6. The standard InChI is InChI=1S/C28H46N2O6/c1-12-14-21-17-23(25(32)35-27(6,7)8)30(26(33)36-28(9,10)11)22(21)16-18(3)24(29-20(5)31)19(4)34-15-13-2/h12-14,18,21-24H,2,4,15-17H2,1,3,5-11H3,(H,29,31)/t18?,21-,22-,23-,24?/m1/s1. The van der Waals surface area contributed by atoms with Crippen LogP contribution in [0.2, 0.25) is 0 Å². The van der Waals surface area contributed by atoms with Crippen molar-refractivity contribution < 1.29 is 28.6 Å². The Labute approximate surface area is 217 Å². The van der Waals surface area contributed by atoms with E-state index in [-0.39, 0.29) is 30.4 Å². The Hall–Kier alpha value is -2.77. The molecule has 2 amide bonds. The summed E-state index contributed by atoms with van der Waals surface area (Å²) >= 11 is 0. The van der Waals surface area contributed by atoms with Gasteiger partial charge in [-0.25, -0.2) is 9.59 Å². The van der Waals surface area contributed by atoms with Crippen molar-refractivity contribution in [3.8, 4) is 0 Å². The maximum absolute atomic E-state index is 13.5. The predicted octanol–water partition coefficient (Wildman–Crippen LogP) is 5.15. The van der Waals surface area contributed by atoms with E-state index in [2.05, 4.69) is 18.5 Å². The van der Waals surface area contributed by atoms with Gasteiger partial charge in [0.25, 0.3) is 0 Å². The van der Waals surface area contributed by atoms with Crippen LogP contribution in [-0.2, 0) is 23.8 Å². The highest BCUT2D eigenvalue weighted by Crippen LogP contribution is 2.38. The smallest absolute Gasteiger partial charge is 0.411 e. The number of allylic oxidation sites excluding steroid dienone is 1. The summed E-state index contributed by atoms with van der Waals surface area (Å²) in [7, 11) is 0. The third kappa shape index (κ3) is 9.70. The molecule has 5 atom stereocenters. The number of carbonyl (C=O) groups excluding carboxylic acids is 3. The van der Waals surface area contributed by atoms with Crippen molar-refractivity contribution >= 4 is 18.0 Å². The highest BCUT2D eigenvalue weighted by Gasteiger charge is 2.49. The molecular weight excluding hydrogens is 460 g/mol. The van der Waals surface area contributed by atoms with E-state index >= 15 is 0 Å². The van der Waals surface area contributed by atoms with Gasteiger partial charge < -0.3 is 19.5 Å². The van der Waals surface area contributed by atoms with Crippen molar-refractivity contribution in [2.24, 2.45) is 11.8 Å². The van der Waals surface area contributed by atoms with E-state index in [0.29, 0.717) is 18.6 Å². The third-order valence-corrected chi connectivity index (χ3v) is 5.68. The van der Waals surface area contributed by atoms with E-state index in [0.717, 1.165) is 0 Å². The summed E-state index contributed by atoms with van der Waals surface area (Å²) in [4.78, 5) is 40.2. The molecule has 0 aromatic carbocycles. The fourth-order valence-electron chi connectivity index (χ4n) is 4.40. The molecule has 8 heteroatoms. The topological polar surface area (TPSA) is 94.2 Å². The normalized spacial score (nSPS) is 22.0. The lowest BCUT2D eigenvalue weighted by molar-refractivity contribution is -0.160. The summed E-state index contributed by atoms with van der Waals surface area (Å²) in [6, 6.07) is -1.65. The molecule has 2 unspecified atom stereocenters. The second-order valence-corrected chi connectivity index (χ2v) is 11.4. The van der Waals surface area contributed by atoms with Crippen LogP contribution in [0.4, 0.5) is 4.79 Å². The van der Waals surface area contributed by atoms with E-state index in [1.54, 1.807) is 47.6 Å². The van der Waals surface area contributed by atoms with Crippen LogP contribution >= 0.6 is 0 Å². The Balaban J connectivity index is 3.41. The fraction of sp³-hybridized carbons (Fsp3) is 0.679. The molecule has 36 heavy (non-hydrogen) atoms. The lowest BCUT2D eigenvalue weighted by atomic mass is 9.87. The van der Waals surface area contributed by atoms with Crippen LogP contribution < -0.4 is 5.32 Å². The van der Waals surface area contributed by atoms with E-state index in [1.807, 2.05) is 26.0 Å². The number of rotatable bonds is 10. The van der Waals surface area contributed by atoms with Crippen LogP contribution in [0, 0.1) is 11.8 Å². The summed E-state index contributed by atoms with van der Waals surface area (Å²) in [5.74, 6) is -0.558. The van der Waals surface area contributed by atoms with Crippen molar-refractivity contribution in [2.45, 2.75) is 104 Å². The Bertz CT molecular complexity index is 836. The molecule has 0 spiro atoms. The minimum absolute atomic E-state index is 0.108. The van der Waals surface area contributed by atoms with Crippen molar-refractivity contribution in [3.63, 3.8) is 0 Å². The van der Waals surface area contributed by atoms with Crippen LogP contribution in [-0.4, -0.2) is 58.8 Å². The third-order valence-electron chi connectivity index (χ3n) is 5.68. The van der Waals surface area contributed by atoms with Gasteiger partial charge >= 0.3 is 12.1 Å². The van der Waals surface area contributed by atoms with Gasteiger partial charge in [0.05, 0.1) is 6.04 Å². The number of amides is 2.